The van der Waals surface area contributed by atoms with Crippen molar-refractivity contribution >= 4 is 11.3 Å². The average Bonchev–Trinajstić information content (AvgIpc) is 3.05. The van der Waals surface area contributed by atoms with Crippen LogP contribution >= 0.6 is 11.3 Å². The molecule has 3 nitrogen and oxygen atoms in total. The lowest BCUT2D eigenvalue weighted by Crippen LogP contribution is -2.36. The molecule has 0 unspecified atom stereocenters. The van der Waals surface area contributed by atoms with Gasteiger partial charge in [-0.2, -0.15) is 11.3 Å². The molecule has 1 aliphatic rings. The number of rotatable bonds is 4. The SMILES string of the molecule is O[C@H]1CCN(Cc2ccsc2)[C@H]1Cc1ccncc1. The summed E-state index contributed by atoms with van der Waals surface area (Å²) in [5.74, 6) is 0. The van der Waals surface area contributed by atoms with Crippen LogP contribution in [0.3, 0.4) is 0 Å². The molecule has 2 aromatic heterocycles. The zero-order valence-corrected chi connectivity index (χ0v) is 11.6. The molecule has 19 heavy (non-hydrogen) atoms. The lowest BCUT2D eigenvalue weighted by Gasteiger charge is -2.26. The van der Waals surface area contributed by atoms with Crippen LogP contribution < -0.4 is 0 Å². The third kappa shape index (κ3) is 3.03. The summed E-state index contributed by atoms with van der Waals surface area (Å²) in [6.45, 7) is 1.92. The molecule has 4 heteroatoms. The minimum atomic E-state index is -0.216. The second-order valence-corrected chi connectivity index (χ2v) is 5.87. The number of pyridine rings is 1. The monoisotopic (exact) mass is 274 g/mol. The van der Waals surface area contributed by atoms with Gasteiger partial charge in [-0.3, -0.25) is 9.88 Å². The Labute approximate surface area is 117 Å². The summed E-state index contributed by atoms with van der Waals surface area (Å²) < 4.78 is 0. The number of nitrogens with zero attached hydrogens (tertiary/aromatic N) is 2. The lowest BCUT2D eigenvalue weighted by atomic mass is 10.0. The van der Waals surface area contributed by atoms with Gasteiger partial charge in [0.15, 0.2) is 0 Å². The lowest BCUT2D eigenvalue weighted by molar-refractivity contribution is 0.112. The number of aliphatic hydroxyl groups excluding tert-OH is 1. The molecule has 3 heterocycles. The summed E-state index contributed by atoms with van der Waals surface area (Å²) in [5.41, 5.74) is 2.59. The van der Waals surface area contributed by atoms with Crippen LogP contribution in [0, 0.1) is 0 Å². The number of thiophene rings is 1. The highest BCUT2D eigenvalue weighted by molar-refractivity contribution is 7.07. The standard InChI is InChI=1S/C15H18N2OS/c18-15-3-7-17(10-13-4-8-19-11-13)14(15)9-12-1-5-16-6-2-12/h1-2,4-6,8,11,14-15,18H,3,7,9-10H2/t14-,15-/m0/s1. The molecule has 0 bridgehead atoms. The Balaban J connectivity index is 1.70. The Morgan fingerprint density at radius 2 is 2.11 bits per heavy atom. The van der Waals surface area contributed by atoms with Crippen molar-refractivity contribution in [1.29, 1.82) is 0 Å². The third-order valence-corrected chi connectivity index (χ3v) is 4.52. The van der Waals surface area contributed by atoms with Crippen LogP contribution in [0.5, 0.6) is 0 Å². The second-order valence-electron chi connectivity index (χ2n) is 5.09. The largest absolute Gasteiger partial charge is 0.391 e. The van der Waals surface area contributed by atoms with Crippen molar-refractivity contribution in [2.75, 3.05) is 6.54 Å². The van der Waals surface area contributed by atoms with Crippen LogP contribution in [0.4, 0.5) is 0 Å². The summed E-state index contributed by atoms with van der Waals surface area (Å²) >= 11 is 1.73. The van der Waals surface area contributed by atoms with E-state index in [4.69, 9.17) is 0 Å². The van der Waals surface area contributed by atoms with Crippen molar-refractivity contribution in [3.05, 3.63) is 52.5 Å². The van der Waals surface area contributed by atoms with Gasteiger partial charge in [-0.1, -0.05) is 0 Å². The van der Waals surface area contributed by atoms with E-state index < -0.39 is 0 Å². The summed E-state index contributed by atoms with van der Waals surface area (Å²) in [5, 5.41) is 14.5. The predicted molar refractivity (Wildman–Crippen MR) is 77.1 cm³/mol. The van der Waals surface area contributed by atoms with Crippen molar-refractivity contribution in [2.24, 2.45) is 0 Å². The maximum atomic E-state index is 10.2. The first-order chi connectivity index (χ1) is 9.33. The average molecular weight is 274 g/mol. The van der Waals surface area contributed by atoms with Crippen LogP contribution in [-0.4, -0.2) is 33.7 Å². The molecule has 0 amide bonds. The van der Waals surface area contributed by atoms with Gasteiger partial charge in [0.05, 0.1) is 6.10 Å². The second kappa shape index (κ2) is 5.82. The molecule has 0 radical (unpaired) electrons. The topological polar surface area (TPSA) is 36.4 Å². The maximum absolute atomic E-state index is 10.2. The number of aliphatic hydroxyl groups is 1. The van der Waals surface area contributed by atoms with E-state index in [0.29, 0.717) is 0 Å². The van der Waals surface area contributed by atoms with Crippen LogP contribution in [0.25, 0.3) is 0 Å². The van der Waals surface area contributed by atoms with E-state index in [0.717, 1.165) is 25.9 Å². The molecule has 2 aromatic rings. The van der Waals surface area contributed by atoms with Gasteiger partial charge in [-0.25, -0.2) is 0 Å². The van der Waals surface area contributed by atoms with Crippen molar-refractivity contribution in [2.45, 2.75) is 31.5 Å². The van der Waals surface area contributed by atoms with E-state index in [1.807, 2.05) is 24.5 Å². The van der Waals surface area contributed by atoms with Crippen LogP contribution in [0.2, 0.25) is 0 Å². The first kappa shape index (κ1) is 12.8. The molecule has 1 aliphatic heterocycles. The molecule has 1 N–H and O–H groups in total. The van der Waals surface area contributed by atoms with Gasteiger partial charge in [-0.15, -0.1) is 0 Å². The molecular formula is C15H18N2OS. The summed E-state index contributed by atoms with van der Waals surface area (Å²) in [6, 6.07) is 6.46. The number of aromatic nitrogens is 1. The minimum Gasteiger partial charge on any atom is -0.391 e. The predicted octanol–water partition coefficient (Wildman–Crippen LogP) is 2.32. The first-order valence-electron chi connectivity index (χ1n) is 6.65. The highest BCUT2D eigenvalue weighted by Gasteiger charge is 2.32. The first-order valence-corrected chi connectivity index (χ1v) is 7.59. The molecule has 1 saturated heterocycles. The van der Waals surface area contributed by atoms with Gasteiger partial charge in [0, 0.05) is 31.5 Å². The highest BCUT2D eigenvalue weighted by Crippen LogP contribution is 2.24. The molecule has 0 aliphatic carbocycles. The minimum absolute atomic E-state index is 0.216. The van der Waals surface area contributed by atoms with Crippen molar-refractivity contribution in [3.8, 4) is 0 Å². The van der Waals surface area contributed by atoms with Crippen molar-refractivity contribution in [3.63, 3.8) is 0 Å². The number of likely N-dealkylation sites (tertiary alicyclic amines) is 1. The molecule has 0 spiro atoms. The van der Waals surface area contributed by atoms with Gasteiger partial charge >= 0.3 is 0 Å². The fraction of sp³-hybridized carbons (Fsp3) is 0.400. The Kier molecular flexibility index (Phi) is 3.92. The van der Waals surface area contributed by atoms with Gasteiger partial charge < -0.3 is 5.11 Å². The van der Waals surface area contributed by atoms with Gasteiger partial charge in [0.1, 0.15) is 0 Å². The Bertz CT molecular complexity index is 500. The Morgan fingerprint density at radius 3 is 2.84 bits per heavy atom. The number of hydrogen-bond acceptors (Lipinski definition) is 4. The van der Waals surface area contributed by atoms with Crippen LogP contribution in [-0.2, 0) is 13.0 Å². The quantitative estimate of drug-likeness (QED) is 0.929. The summed E-state index contributed by atoms with van der Waals surface area (Å²) in [6.07, 6.45) is 5.19. The Morgan fingerprint density at radius 1 is 1.26 bits per heavy atom. The van der Waals surface area contributed by atoms with E-state index in [-0.39, 0.29) is 12.1 Å². The zero-order valence-electron chi connectivity index (χ0n) is 10.8. The van der Waals surface area contributed by atoms with E-state index in [2.05, 4.69) is 26.7 Å². The maximum Gasteiger partial charge on any atom is 0.0710 e. The molecule has 0 aromatic carbocycles. The van der Waals surface area contributed by atoms with Gasteiger partial charge in [0.25, 0.3) is 0 Å². The van der Waals surface area contributed by atoms with E-state index >= 15 is 0 Å². The van der Waals surface area contributed by atoms with Crippen molar-refractivity contribution in [1.82, 2.24) is 9.88 Å². The van der Waals surface area contributed by atoms with Crippen LogP contribution in [0.1, 0.15) is 17.5 Å². The van der Waals surface area contributed by atoms with E-state index in [9.17, 15) is 5.11 Å². The van der Waals surface area contributed by atoms with Gasteiger partial charge in [-0.05, 0) is 52.9 Å². The smallest absolute Gasteiger partial charge is 0.0710 e. The fourth-order valence-electron chi connectivity index (χ4n) is 2.74. The normalized spacial score (nSPS) is 23.8. The van der Waals surface area contributed by atoms with Crippen LogP contribution in [0.15, 0.2) is 41.4 Å². The van der Waals surface area contributed by atoms with Crippen molar-refractivity contribution < 1.29 is 5.11 Å². The van der Waals surface area contributed by atoms with E-state index in [1.165, 1.54) is 11.1 Å². The third-order valence-electron chi connectivity index (χ3n) is 3.79. The summed E-state index contributed by atoms with van der Waals surface area (Å²) in [4.78, 5) is 6.44. The molecule has 1 fully saturated rings. The summed E-state index contributed by atoms with van der Waals surface area (Å²) in [7, 11) is 0. The molecule has 100 valence electrons. The molecule has 2 atom stereocenters. The number of hydrogen-bond donors (Lipinski definition) is 1. The molecule has 3 rings (SSSR count). The fourth-order valence-corrected chi connectivity index (χ4v) is 3.40. The Hall–Kier alpha value is -1.23. The zero-order chi connectivity index (χ0) is 13.1. The molecule has 0 saturated carbocycles. The van der Waals surface area contributed by atoms with Gasteiger partial charge in [0.2, 0.25) is 0 Å². The molecular weight excluding hydrogens is 256 g/mol. The highest BCUT2D eigenvalue weighted by atomic mass is 32.1. The van der Waals surface area contributed by atoms with E-state index in [1.54, 1.807) is 11.3 Å².